The van der Waals surface area contributed by atoms with E-state index in [0.29, 0.717) is 0 Å². The van der Waals surface area contributed by atoms with E-state index >= 15 is 0 Å². The Morgan fingerprint density at radius 2 is 0.786 bits per heavy atom. The van der Waals surface area contributed by atoms with Crippen molar-refractivity contribution in [3.05, 3.63) is 91.0 Å². The first kappa shape index (κ1) is 22.0. The van der Waals surface area contributed by atoms with Crippen molar-refractivity contribution in [1.82, 2.24) is 0 Å². The van der Waals surface area contributed by atoms with Crippen LogP contribution in [0.4, 0.5) is 17.1 Å². The molecule has 3 aromatic rings. The summed E-state index contributed by atoms with van der Waals surface area (Å²) < 4.78 is 22.2. The first-order chi connectivity index (χ1) is 13.2. The Hall–Kier alpha value is -2.28. The minimum Gasteiger partial charge on any atom is -0.311 e. The van der Waals surface area contributed by atoms with Gasteiger partial charge in [0.15, 0.2) is 0 Å². The third kappa shape index (κ3) is 7.76. The molecule has 0 aromatic heterocycles. The summed E-state index contributed by atoms with van der Waals surface area (Å²) >= 11 is 0. The number of benzene rings is 3. The van der Waals surface area contributed by atoms with E-state index in [2.05, 4.69) is 82.0 Å². The van der Waals surface area contributed by atoms with Crippen molar-refractivity contribution < 1.29 is 33.0 Å². The Morgan fingerprint density at radius 1 is 0.536 bits per heavy atom. The van der Waals surface area contributed by atoms with Crippen molar-refractivity contribution in [2.24, 2.45) is 0 Å². The van der Waals surface area contributed by atoms with E-state index in [4.69, 9.17) is 19.6 Å². The number of para-hydroxylation sites is 3. The highest BCUT2D eigenvalue weighted by Gasteiger charge is 2.27. The molecule has 0 aliphatic rings. The Balaban J connectivity index is 0.000000266. The molecular weight excluding hydrogens is 404 g/mol. The van der Waals surface area contributed by atoms with Crippen LogP contribution in [0.15, 0.2) is 91.0 Å². The summed E-state index contributed by atoms with van der Waals surface area (Å²) in [4.78, 5) is 33.2. The highest BCUT2D eigenvalue weighted by atomic mass is 31.3. The first-order valence-corrected chi connectivity index (χ1v) is 11.0. The third-order valence-electron chi connectivity index (χ3n) is 3.26. The van der Waals surface area contributed by atoms with Gasteiger partial charge in [0, 0.05) is 17.1 Å². The first-order valence-electron chi connectivity index (χ1n) is 7.93. The Kier molecular flexibility index (Phi) is 7.69. The lowest BCUT2D eigenvalue weighted by atomic mass is 10.2. The van der Waals surface area contributed by atoms with Crippen LogP contribution in [0.25, 0.3) is 0 Å². The molecule has 0 heterocycles. The number of nitrogens with zero attached hydrogens (tertiary/aromatic N) is 1. The molecule has 3 rings (SSSR count). The van der Waals surface area contributed by atoms with Gasteiger partial charge in [0.2, 0.25) is 0 Å². The Bertz CT molecular complexity index is 830. The Morgan fingerprint density at radius 3 is 0.964 bits per heavy atom. The summed E-state index contributed by atoms with van der Waals surface area (Å²) in [5, 5.41) is 0. The predicted octanol–water partition coefficient (Wildman–Crippen LogP) is 4.34. The second-order valence-corrected chi connectivity index (χ2v) is 8.02. The molecular formula is C18H19NO7P2. The van der Waals surface area contributed by atoms with Gasteiger partial charge < -0.3 is 24.5 Å². The highest BCUT2D eigenvalue weighted by molar-refractivity contribution is 7.60. The molecule has 0 amide bonds. The molecule has 0 saturated heterocycles. The van der Waals surface area contributed by atoms with Crippen LogP contribution < -0.4 is 4.90 Å². The van der Waals surface area contributed by atoms with Gasteiger partial charge in [-0.2, -0.15) is 4.31 Å². The fourth-order valence-corrected chi connectivity index (χ4v) is 3.43. The topological polar surface area (TPSA) is 128 Å². The Labute approximate surface area is 162 Å². The van der Waals surface area contributed by atoms with Crippen molar-refractivity contribution >= 4 is 32.7 Å². The van der Waals surface area contributed by atoms with E-state index in [0.717, 1.165) is 0 Å². The number of anilines is 3. The standard InChI is InChI=1S/C18H15N.H4O7P2/c1-4-10-16(11-5-1)19(17-12-6-2-7-13-17)18-14-8-3-9-15-18;1-8(2,3)7-9(4,5)6/h1-15H;(H2,1,2,3)(H2,4,5,6). The molecule has 0 radical (unpaired) electrons. The summed E-state index contributed by atoms with van der Waals surface area (Å²) in [5.74, 6) is 0. The number of phosphoric acid groups is 2. The lowest BCUT2D eigenvalue weighted by Gasteiger charge is -2.25. The van der Waals surface area contributed by atoms with Gasteiger partial charge in [0.25, 0.3) is 0 Å². The molecule has 0 fully saturated rings. The van der Waals surface area contributed by atoms with E-state index in [1.165, 1.54) is 17.1 Å². The van der Waals surface area contributed by atoms with Crippen molar-refractivity contribution in [1.29, 1.82) is 0 Å². The number of hydrogen-bond donors (Lipinski definition) is 4. The molecule has 0 saturated carbocycles. The molecule has 0 aliphatic heterocycles. The van der Waals surface area contributed by atoms with Crippen LogP contribution in [0.5, 0.6) is 0 Å². The quantitative estimate of drug-likeness (QED) is 0.446. The largest absolute Gasteiger partial charge is 0.478 e. The van der Waals surface area contributed by atoms with Gasteiger partial charge in [0.1, 0.15) is 0 Å². The zero-order valence-corrected chi connectivity index (χ0v) is 16.3. The summed E-state index contributed by atoms with van der Waals surface area (Å²) in [7, 11) is -10.1. The minimum atomic E-state index is -5.05. The van der Waals surface area contributed by atoms with Crippen LogP contribution in [0.3, 0.4) is 0 Å². The summed E-state index contributed by atoms with van der Waals surface area (Å²) in [6.07, 6.45) is 0. The van der Waals surface area contributed by atoms with Gasteiger partial charge in [-0.15, -0.1) is 0 Å². The van der Waals surface area contributed by atoms with Crippen LogP contribution in [0.1, 0.15) is 0 Å². The fraction of sp³-hybridized carbons (Fsp3) is 0. The second kappa shape index (κ2) is 9.78. The summed E-state index contributed by atoms with van der Waals surface area (Å²) in [5.41, 5.74) is 3.50. The van der Waals surface area contributed by atoms with Crippen LogP contribution in [-0.2, 0) is 13.4 Å². The summed E-state index contributed by atoms with van der Waals surface area (Å²) in [6, 6.07) is 31.3. The van der Waals surface area contributed by atoms with Crippen LogP contribution in [-0.4, -0.2) is 19.6 Å². The van der Waals surface area contributed by atoms with Crippen LogP contribution in [0.2, 0.25) is 0 Å². The molecule has 0 bridgehead atoms. The van der Waals surface area contributed by atoms with E-state index in [-0.39, 0.29) is 0 Å². The second-order valence-electron chi connectivity index (χ2n) is 5.40. The van der Waals surface area contributed by atoms with Crippen molar-refractivity contribution in [3.8, 4) is 0 Å². The summed E-state index contributed by atoms with van der Waals surface area (Å²) in [6.45, 7) is 0. The maximum Gasteiger partial charge on any atom is 0.478 e. The van der Waals surface area contributed by atoms with Gasteiger partial charge in [-0.3, -0.25) is 0 Å². The van der Waals surface area contributed by atoms with E-state index < -0.39 is 15.6 Å². The lowest BCUT2D eigenvalue weighted by molar-refractivity contribution is 0.225. The van der Waals surface area contributed by atoms with Crippen LogP contribution in [0, 0.1) is 0 Å². The average molecular weight is 423 g/mol. The number of rotatable bonds is 5. The zero-order valence-electron chi connectivity index (χ0n) is 14.5. The number of hydrogen-bond acceptors (Lipinski definition) is 4. The predicted molar refractivity (Wildman–Crippen MR) is 106 cm³/mol. The van der Waals surface area contributed by atoms with Crippen molar-refractivity contribution in [3.63, 3.8) is 0 Å². The lowest BCUT2D eigenvalue weighted by Crippen LogP contribution is -2.09. The van der Waals surface area contributed by atoms with E-state index in [1.807, 2.05) is 18.2 Å². The smallest absolute Gasteiger partial charge is 0.311 e. The average Bonchev–Trinajstić information content (AvgIpc) is 2.62. The molecule has 4 N–H and O–H groups in total. The molecule has 3 aromatic carbocycles. The van der Waals surface area contributed by atoms with E-state index in [9.17, 15) is 9.13 Å². The molecule has 10 heteroatoms. The van der Waals surface area contributed by atoms with Gasteiger partial charge in [-0.25, -0.2) is 9.13 Å². The third-order valence-corrected chi connectivity index (χ3v) is 4.96. The monoisotopic (exact) mass is 423 g/mol. The van der Waals surface area contributed by atoms with Crippen molar-refractivity contribution in [2.75, 3.05) is 4.90 Å². The minimum absolute atomic E-state index is 1.17. The maximum absolute atomic E-state index is 9.63. The normalized spacial score (nSPS) is 11.3. The zero-order chi connectivity index (χ0) is 20.6. The van der Waals surface area contributed by atoms with Gasteiger partial charge in [-0.05, 0) is 36.4 Å². The molecule has 0 spiro atoms. The molecule has 0 unspecified atom stereocenters. The van der Waals surface area contributed by atoms with Crippen molar-refractivity contribution in [2.45, 2.75) is 0 Å². The molecule has 0 atom stereocenters. The van der Waals surface area contributed by atoms with Gasteiger partial charge >= 0.3 is 15.6 Å². The molecule has 148 valence electrons. The van der Waals surface area contributed by atoms with Gasteiger partial charge in [-0.1, -0.05) is 54.6 Å². The van der Waals surface area contributed by atoms with Gasteiger partial charge in [0.05, 0.1) is 0 Å². The van der Waals surface area contributed by atoms with E-state index in [1.54, 1.807) is 0 Å². The fourth-order valence-electron chi connectivity index (χ4n) is 2.32. The maximum atomic E-state index is 9.63. The van der Waals surface area contributed by atoms with Crippen LogP contribution >= 0.6 is 15.6 Å². The highest BCUT2D eigenvalue weighted by Crippen LogP contribution is 2.53. The molecule has 0 aliphatic carbocycles. The SMILES string of the molecule is O=P(O)(O)OP(=O)(O)O.c1ccc(N(c2ccccc2)c2ccccc2)cc1. The molecule has 28 heavy (non-hydrogen) atoms. The molecule has 8 nitrogen and oxygen atoms in total.